The number of methoxy groups -OCH3 is 1. The van der Waals surface area contributed by atoms with E-state index in [1.54, 1.807) is 31.4 Å². The number of aromatic carboxylic acids is 1. The first-order valence-electron chi connectivity index (χ1n) is 8.66. The van der Waals surface area contributed by atoms with Crippen LogP contribution in [0.25, 0.3) is 0 Å². The standard InChI is InChI=1S/C22H20ClNO4/c1-27-21-12-16(13-24-19-9-7-18(23)8-10-19)4-11-20(21)28-14-15-2-5-17(6-3-15)22(25)26/h2-12,24H,13-14H2,1H3,(H,25,26). The summed E-state index contributed by atoms with van der Waals surface area (Å²) in [5.41, 5.74) is 3.15. The first kappa shape index (κ1) is 19.6. The molecule has 0 saturated heterocycles. The molecule has 3 rings (SSSR count). The maximum atomic E-state index is 10.9. The van der Waals surface area contributed by atoms with Gasteiger partial charge in [0.05, 0.1) is 12.7 Å². The van der Waals surface area contributed by atoms with Gasteiger partial charge in [0.2, 0.25) is 0 Å². The molecule has 0 aromatic heterocycles. The summed E-state index contributed by atoms with van der Waals surface area (Å²) in [6.07, 6.45) is 0. The van der Waals surface area contributed by atoms with Gasteiger partial charge in [-0.1, -0.05) is 29.8 Å². The minimum atomic E-state index is -0.947. The first-order chi connectivity index (χ1) is 13.5. The van der Waals surface area contributed by atoms with Gasteiger partial charge in [-0.2, -0.15) is 0 Å². The zero-order valence-electron chi connectivity index (χ0n) is 15.3. The van der Waals surface area contributed by atoms with Crippen LogP contribution in [0.2, 0.25) is 5.02 Å². The van der Waals surface area contributed by atoms with E-state index >= 15 is 0 Å². The van der Waals surface area contributed by atoms with Crippen LogP contribution in [0, 0.1) is 0 Å². The molecule has 0 fully saturated rings. The van der Waals surface area contributed by atoms with Crippen LogP contribution < -0.4 is 14.8 Å². The molecule has 0 spiro atoms. The van der Waals surface area contributed by atoms with Crippen LogP contribution in [-0.2, 0) is 13.2 Å². The van der Waals surface area contributed by atoms with E-state index in [9.17, 15) is 4.79 Å². The van der Waals surface area contributed by atoms with E-state index < -0.39 is 5.97 Å². The van der Waals surface area contributed by atoms with Crippen molar-refractivity contribution in [2.24, 2.45) is 0 Å². The Morgan fingerprint density at radius 3 is 2.29 bits per heavy atom. The molecule has 3 aromatic carbocycles. The molecule has 3 aromatic rings. The molecule has 5 nitrogen and oxygen atoms in total. The summed E-state index contributed by atoms with van der Waals surface area (Å²) in [5, 5.41) is 13.0. The molecular formula is C22H20ClNO4. The van der Waals surface area contributed by atoms with Crippen molar-refractivity contribution in [2.75, 3.05) is 12.4 Å². The molecule has 0 aliphatic heterocycles. The lowest BCUT2D eigenvalue weighted by Crippen LogP contribution is -2.02. The molecule has 2 N–H and O–H groups in total. The Labute approximate surface area is 168 Å². The second-order valence-corrected chi connectivity index (χ2v) is 6.57. The summed E-state index contributed by atoms with van der Waals surface area (Å²) < 4.78 is 11.3. The van der Waals surface area contributed by atoms with E-state index in [0.29, 0.717) is 29.7 Å². The van der Waals surface area contributed by atoms with Crippen LogP contribution in [0.4, 0.5) is 5.69 Å². The molecule has 6 heteroatoms. The van der Waals surface area contributed by atoms with Gasteiger partial charge in [0.25, 0.3) is 0 Å². The maximum Gasteiger partial charge on any atom is 0.335 e. The molecule has 0 saturated carbocycles. The third kappa shape index (κ3) is 5.18. The number of halogens is 1. The van der Waals surface area contributed by atoms with Gasteiger partial charge < -0.3 is 19.9 Å². The fourth-order valence-corrected chi connectivity index (χ4v) is 2.74. The fraction of sp³-hybridized carbons (Fsp3) is 0.136. The number of hydrogen-bond donors (Lipinski definition) is 2. The van der Waals surface area contributed by atoms with Crippen molar-refractivity contribution in [1.82, 2.24) is 0 Å². The Kier molecular flexibility index (Phi) is 6.40. The Morgan fingerprint density at radius 1 is 0.964 bits per heavy atom. The van der Waals surface area contributed by atoms with E-state index in [-0.39, 0.29) is 5.56 Å². The Morgan fingerprint density at radius 2 is 1.64 bits per heavy atom. The highest BCUT2D eigenvalue weighted by Crippen LogP contribution is 2.29. The van der Waals surface area contributed by atoms with Gasteiger partial charge in [-0.3, -0.25) is 0 Å². The van der Waals surface area contributed by atoms with Crippen LogP contribution in [0.1, 0.15) is 21.5 Å². The maximum absolute atomic E-state index is 10.9. The lowest BCUT2D eigenvalue weighted by molar-refractivity contribution is 0.0697. The quantitative estimate of drug-likeness (QED) is 0.544. The third-order valence-electron chi connectivity index (χ3n) is 4.16. The average Bonchev–Trinajstić information content (AvgIpc) is 2.72. The molecule has 0 heterocycles. The van der Waals surface area contributed by atoms with Crippen molar-refractivity contribution >= 4 is 23.3 Å². The zero-order chi connectivity index (χ0) is 19.9. The van der Waals surface area contributed by atoms with Crippen LogP contribution in [0.5, 0.6) is 11.5 Å². The van der Waals surface area contributed by atoms with Crippen LogP contribution in [0.15, 0.2) is 66.7 Å². The van der Waals surface area contributed by atoms with Gasteiger partial charge in [-0.25, -0.2) is 4.79 Å². The largest absolute Gasteiger partial charge is 0.493 e. The van der Waals surface area contributed by atoms with E-state index in [1.807, 2.05) is 42.5 Å². The smallest absolute Gasteiger partial charge is 0.335 e. The van der Waals surface area contributed by atoms with E-state index in [1.165, 1.54) is 0 Å². The molecule has 0 unspecified atom stereocenters. The van der Waals surface area contributed by atoms with Gasteiger partial charge in [-0.05, 0) is 59.7 Å². The van der Waals surface area contributed by atoms with E-state index in [0.717, 1.165) is 16.8 Å². The van der Waals surface area contributed by atoms with Gasteiger partial charge in [0, 0.05) is 17.3 Å². The zero-order valence-corrected chi connectivity index (χ0v) is 16.1. The topological polar surface area (TPSA) is 67.8 Å². The Bertz CT molecular complexity index is 940. The van der Waals surface area contributed by atoms with E-state index in [2.05, 4.69) is 5.32 Å². The third-order valence-corrected chi connectivity index (χ3v) is 4.42. The molecule has 144 valence electrons. The average molecular weight is 398 g/mol. The number of anilines is 1. The molecule has 0 radical (unpaired) electrons. The number of carboxylic acids is 1. The van der Waals surface area contributed by atoms with E-state index in [4.69, 9.17) is 26.2 Å². The van der Waals surface area contributed by atoms with Gasteiger partial charge >= 0.3 is 5.97 Å². The Hall–Kier alpha value is -3.18. The normalized spacial score (nSPS) is 10.4. The number of carboxylic acid groups (broad SMARTS) is 1. The van der Waals surface area contributed by atoms with Crippen molar-refractivity contribution in [3.63, 3.8) is 0 Å². The highest BCUT2D eigenvalue weighted by molar-refractivity contribution is 6.30. The Balaban J connectivity index is 1.62. The monoisotopic (exact) mass is 397 g/mol. The van der Waals surface area contributed by atoms with Gasteiger partial charge in [0.15, 0.2) is 11.5 Å². The number of benzene rings is 3. The van der Waals surface area contributed by atoms with Crippen LogP contribution in [0.3, 0.4) is 0 Å². The number of nitrogens with one attached hydrogen (secondary N) is 1. The molecular weight excluding hydrogens is 378 g/mol. The summed E-state index contributed by atoms with van der Waals surface area (Å²) in [6.45, 7) is 0.952. The molecule has 0 aliphatic carbocycles. The highest BCUT2D eigenvalue weighted by Gasteiger charge is 2.07. The van der Waals surface area contributed by atoms with Crippen LogP contribution >= 0.6 is 11.6 Å². The predicted molar refractivity (Wildman–Crippen MR) is 110 cm³/mol. The number of carbonyl (C=O) groups is 1. The number of ether oxygens (including phenoxy) is 2. The van der Waals surface area contributed by atoms with Gasteiger partial charge in [-0.15, -0.1) is 0 Å². The highest BCUT2D eigenvalue weighted by atomic mass is 35.5. The van der Waals surface area contributed by atoms with Crippen molar-refractivity contribution in [2.45, 2.75) is 13.2 Å². The summed E-state index contributed by atoms with van der Waals surface area (Å²) in [4.78, 5) is 10.9. The minimum absolute atomic E-state index is 0.249. The lowest BCUT2D eigenvalue weighted by atomic mass is 10.1. The van der Waals surface area contributed by atoms with Crippen LogP contribution in [-0.4, -0.2) is 18.2 Å². The van der Waals surface area contributed by atoms with Gasteiger partial charge in [0.1, 0.15) is 6.61 Å². The summed E-state index contributed by atoms with van der Waals surface area (Å²) in [5.74, 6) is 0.314. The second kappa shape index (κ2) is 9.15. The van der Waals surface area contributed by atoms with Crippen molar-refractivity contribution in [1.29, 1.82) is 0 Å². The van der Waals surface area contributed by atoms with Crippen molar-refractivity contribution in [3.05, 3.63) is 88.4 Å². The molecule has 0 bridgehead atoms. The lowest BCUT2D eigenvalue weighted by Gasteiger charge is -2.13. The van der Waals surface area contributed by atoms with Crippen molar-refractivity contribution < 1.29 is 19.4 Å². The molecule has 0 amide bonds. The van der Waals surface area contributed by atoms with Crippen molar-refractivity contribution in [3.8, 4) is 11.5 Å². The molecule has 0 aliphatic rings. The summed E-state index contributed by atoms with van der Waals surface area (Å²) in [7, 11) is 1.60. The SMILES string of the molecule is COc1cc(CNc2ccc(Cl)cc2)ccc1OCc1ccc(C(=O)O)cc1. The first-order valence-corrected chi connectivity index (χ1v) is 9.04. The second-order valence-electron chi connectivity index (χ2n) is 6.14. The fourth-order valence-electron chi connectivity index (χ4n) is 2.62. The number of rotatable bonds is 8. The summed E-state index contributed by atoms with van der Waals surface area (Å²) >= 11 is 5.90. The molecule has 28 heavy (non-hydrogen) atoms. The predicted octanol–water partition coefficient (Wildman–Crippen LogP) is 5.24. The summed E-state index contributed by atoms with van der Waals surface area (Å²) in [6, 6.07) is 19.9. The minimum Gasteiger partial charge on any atom is -0.493 e. The number of hydrogen-bond acceptors (Lipinski definition) is 4. The molecule has 0 atom stereocenters.